The van der Waals surface area contributed by atoms with Crippen LogP contribution in [0.1, 0.15) is 20.3 Å². The van der Waals surface area contributed by atoms with E-state index in [2.05, 4.69) is 6.58 Å². The topological polar surface area (TPSA) is 74.2 Å². The Labute approximate surface area is 144 Å². The van der Waals surface area contributed by atoms with Crippen molar-refractivity contribution in [3.63, 3.8) is 0 Å². The molecular weight excluding hydrogens is 347 g/mol. The minimum absolute atomic E-state index is 0.120. The molecule has 130 valence electrons. The van der Waals surface area contributed by atoms with Gasteiger partial charge in [0.2, 0.25) is 5.79 Å². The van der Waals surface area contributed by atoms with E-state index in [-0.39, 0.29) is 6.42 Å². The third-order valence-corrected chi connectivity index (χ3v) is 6.57. The number of alkyl halides is 2. The number of hydrogen-bond acceptors (Lipinski definition) is 6. The Morgan fingerprint density at radius 1 is 1.26 bits per heavy atom. The number of ketones is 1. The summed E-state index contributed by atoms with van der Waals surface area (Å²) in [6, 6.07) is 0. The van der Waals surface area contributed by atoms with E-state index < -0.39 is 44.9 Å². The first kappa shape index (κ1) is 17.6. The van der Waals surface area contributed by atoms with Crippen LogP contribution in [0.2, 0.25) is 0 Å². The maximum absolute atomic E-state index is 13.1. The Hall–Kier alpha value is -0.210. The molecule has 0 aromatic carbocycles. The molecule has 0 amide bonds. The van der Waals surface area contributed by atoms with Crippen molar-refractivity contribution in [2.45, 2.75) is 59.4 Å². The summed E-state index contributed by atoms with van der Waals surface area (Å²) in [7, 11) is 2.63. The fourth-order valence-corrected chi connectivity index (χ4v) is 5.65. The number of Topliss-reactive ketones (excluding diaryl/α,β-unsaturated/α-hetero) is 1. The van der Waals surface area contributed by atoms with Crippen molar-refractivity contribution in [1.82, 2.24) is 0 Å². The Bertz CT molecular complexity index is 576. The highest BCUT2D eigenvalue weighted by atomic mass is 35.5. The van der Waals surface area contributed by atoms with Crippen LogP contribution in [0.3, 0.4) is 0 Å². The van der Waals surface area contributed by atoms with Gasteiger partial charge in [-0.25, -0.2) is 0 Å². The minimum atomic E-state index is -2.06. The lowest BCUT2D eigenvalue weighted by molar-refractivity contribution is -0.262. The van der Waals surface area contributed by atoms with Crippen molar-refractivity contribution in [2.24, 2.45) is 0 Å². The summed E-state index contributed by atoms with van der Waals surface area (Å²) >= 11 is 13.6. The summed E-state index contributed by atoms with van der Waals surface area (Å²) in [5.41, 5.74) is -2.06. The fourth-order valence-electron chi connectivity index (χ4n) is 4.36. The third-order valence-electron chi connectivity index (χ3n) is 5.16. The molecule has 8 heteroatoms. The van der Waals surface area contributed by atoms with E-state index >= 15 is 0 Å². The molecule has 3 fully saturated rings. The molecule has 6 nitrogen and oxygen atoms in total. The predicted octanol–water partition coefficient (Wildman–Crippen LogP) is 1.35. The Kier molecular flexibility index (Phi) is 3.59. The normalized spacial score (nSPS) is 49.4. The van der Waals surface area contributed by atoms with Crippen LogP contribution in [0, 0.1) is 0 Å². The lowest BCUT2D eigenvalue weighted by atomic mass is 9.77. The number of carbonyl (C=O) groups excluding carboxylic acids is 1. The van der Waals surface area contributed by atoms with Crippen LogP contribution in [0.25, 0.3) is 0 Å². The summed E-state index contributed by atoms with van der Waals surface area (Å²) in [5.74, 6) is -3.54. The number of rotatable bonds is 4. The average molecular weight is 367 g/mol. The van der Waals surface area contributed by atoms with Gasteiger partial charge in [0.05, 0.1) is 0 Å². The summed E-state index contributed by atoms with van der Waals surface area (Å²) < 4.78 is 22.7. The number of aliphatic hydroxyl groups is 1. The largest absolute Gasteiger partial charge is 0.379 e. The Morgan fingerprint density at radius 3 is 2.26 bits per heavy atom. The van der Waals surface area contributed by atoms with Crippen molar-refractivity contribution in [1.29, 1.82) is 0 Å². The molecule has 0 radical (unpaired) electrons. The molecule has 1 aliphatic heterocycles. The van der Waals surface area contributed by atoms with Crippen LogP contribution in [0.4, 0.5) is 0 Å². The number of halogens is 2. The van der Waals surface area contributed by atoms with Gasteiger partial charge in [-0.3, -0.25) is 4.79 Å². The second kappa shape index (κ2) is 4.69. The SMILES string of the molecule is C=CC[C@@]1(O)C(=O)[C@]2(Cl)[C@@H]3OC(C)(C)O[C@@H]3[C@@]1(Cl)C2(OC)OC. The van der Waals surface area contributed by atoms with Crippen LogP contribution in [-0.2, 0) is 23.7 Å². The van der Waals surface area contributed by atoms with E-state index in [1.807, 2.05) is 0 Å². The molecule has 0 unspecified atom stereocenters. The van der Waals surface area contributed by atoms with Gasteiger partial charge in [0.15, 0.2) is 26.9 Å². The summed E-state index contributed by atoms with van der Waals surface area (Å²) in [6.07, 6.45) is -0.548. The second-order valence-corrected chi connectivity index (χ2v) is 7.80. The Balaban J connectivity index is 2.30. The Morgan fingerprint density at radius 2 is 1.78 bits per heavy atom. The van der Waals surface area contributed by atoms with Gasteiger partial charge in [-0.15, -0.1) is 29.8 Å². The first-order valence-electron chi connectivity index (χ1n) is 7.24. The van der Waals surface area contributed by atoms with Crippen LogP contribution in [0.5, 0.6) is 0 Å². The van der Waals surface area contributed by atoms with Crippen LogP contribution < -0.4 is 0 Å². The average Bonchev–Trinajstić information content (AvgIpc) is 2.92. The smallest absolute Gasteiger partial charge is 0.223 e. The number of methoxy groups -OCH3 is 2. The van der Waals surface area contributed by atoms with Crippen molar-refractivity contribution in [3.05, 3.63) is 12.7 Å². The molecule has 1 saturated heterocycles. The zero-order chi connectivity index (χ0) is 17.5. The number of ether oxygens (including phenoxy) is 4. The highest BCUT2D eigenvalue weighted by Gasteiger charge is 2.96. The summed E-state index contributed by atoms with van der Waals surface area (Å²) in [4.78, 5) is 9.43. The van der Waals surface area contributed by atoms with Crippen molar-refractivity contribution < 1.29 is 28.8 Å². The van der Waals surface area contributed by atoms with Gasteiger partial charge in [0, 0.05) is 20.6 Å². The zero-order valence-corrected chi connectivity index (χ0v) is 14.9. The third kappa shape index (κ3) is 1.53. The highest BCUT2D eigenvalue weighted by Crippen LogP contribution is 2.71. The summed E-state index contributed by atoms with van der Waals surface area (Å²) in [5, 5.41) is 11.2. The van der Waals surface area contributed by atoms with Gasteiger partial charge in [-0.2, -0.15) is 0 Å². The number of carbonyl (C=O) groups is 1. The molecule has 1 N–H and O–H groups in total. The fraction of sp³-hybridized carbons (Fsp3) is 0.800. The lowest BCUT2D eigenvalue weighted by Crippen LogP contribution is -2.66. The minimum Gasteiger partial charge on any atom is -0.379 e. The number of hydrogen-bond donors (Lipinski definition) is 1. The maximum atomic E-state index is 13.1. The highest BCUT2D eigenvalue weighted by molar-refractivity contribution is 6.45. The maximum Gasteiger partial charge on any atom is 0.223 e. The molecule has 3 rings (SSSR count). The molecule has 5 atom stereocenters. The summed E-state index contributed by atoms with van der Waals surface area (Å²) in [6.45, 7) is 6.96. The molecule has 2 aliphatic carbocycles. The molecular formula is C15H20Cl2O6. The van der Waals surface area contributed by atoms with Crippen LogP contribution >= 0.6 is 23.2 Å². The van der Waals surface area contributed by atoms with E-state index in [9.17, 15) is 9.90 Å². The van der Waals surface area contributed by atoms with E-state index in [1.165, 1.54) is 20.3 Å². The molecule has 3 aliphatic rings. The van der Waals surface area contributed by atoms with Crippen molar-refractivity contribution in [3.8, 4) is 0 Å². The van der Waals surface area contributed by atoms with Gasteiger partial charge in [-0.05, 0) is 13.8 Å². The van der Waals surface area contributed by atoms with E-state index in [4.69, 9.17) is 42.1 Å². The molecule has 0 spiro atoms. The lowest BCUT2D eigenvalue weighted by Gasteiger charge is -2.44. The molecule has 2 bridgehead atoms. The number of fused-ring (bicyclic) bond motifs is 5. The second-order valence-electron chi connectivity index (χ2n) is 6.61. The molecule has 2 saturated carbocycles. The van der Waals surface area contributed by atoms with Gasteiger partial charge in [-0.1, -0.05) is 6.08 Å². The van der Waals surface area contributed by atoms with Gasteiger partial charge < -0.3 is 24.1 Å². The van der Waals surface area contributed by atoms with E-state index in [1.54, 1.807) is 13.8 Å². The van der Waals surface area contributed by atoms with Crippen molar-refractivity contribution >= 4 is 29.0 Å². The monoisotopic (exact) mass is 366 g/mol. The molecule has 0 aromatic heterocycles. The van der Waals surface area contributed by atoms with Crippen molar-refractivity contribution in [2.75, 3.05) is 14.2 Å². The van der Waals surface area contributed by atoms with Gasteiger partial charge in [0.25, 0.3) is 0 Å². The molecule has 23 heavy (non-hydrogen) atoms. The van der Waals surface area contributed by atoms with Crippen LogP contribution in [0.15, 0.2) is 12.7 Å². The van der Waals surface area contributed by atoms with Gasteiger partial charge in [0.1, 0.15) is 12.2 Å². The standard InChI is InChI=1S/C15H20Cl2O6/c1-6-7-12(19)10(18)13(16)8-9(23-11(2,3)22-8)14(12,17)15(13,20-4)21-5/h6,8-9,19H,1,7H2,2-5H3/t8-,9+,12-,13-,14+/m1/s1. The van der Waals surface area contributed by atoms with Crippen LogP contribution in [-0.4, -0.2) is 64.2 Å². The predicted molar refractivity (Wildman–Crippen MR) is 82.5 cm³/mol. The quantitative estimate of drug-likeness (QED) is 0.460. The first-order chi connectivity index (χ1) is 10.5. The van der Waals surface area contributed by atoms with E-state index in [0.717, 1.165) is 0 Å². The first-order valence-corrected chi connectivity index (χ1v) is 8.00. The zero-order valence-electron chi connectivity index (χ0n) is 13.4. The van der Waals surface area contributed by atoms with Gasteiger partial charge >= 0.3 is 0 Å². The molecule has 1 heterocycles. The van der Waals surface area contributed by atoms with E-state index in [0.29, 0.717) is 0 Å². The molecule has 0 aromatic rings.